The first-order chi connectivity index (χ1) is 6.19. The van der Waals surface area contributed by atoms with Crippen molar-refractivity contribution in [3.8, 4) is 0 Å². The summed E-state index contributed by atoms with van der Waals surface area (Å²) < 4.78 is 0. The molecule has 0 aromatic rings. The van der Waals surface area contributed by atoms with E-state index in [-0.39, 0.29) is 18.1 Å². The van der Waals surface area contributed by atoms with Crippen LogP contribution >= 0.6 is 0 Å². The molecule has 1 heterocycles. The van der Waals surface area contributed by atoms with Gasteiger partial charge in [-0.1, -0.05) is 6.92 Å². The van der Waals surface area contributed by atoms with Crippen LogP contribution in [-0.2, 0) is 0 Å². The molecule has 1 rings (SSSR count). The minimum Gasteiger partial charge on any atom is -0.391 e. The molecule has 1 aliphatic heterocycles. The third kappa shape index (κ3) is 2.34. The summed E-state index contributed by atoms with van der Waals surface area (Å²) in [7, 11) is 0. The fourth-order valence-corrected chi connectivity index (χ4v) is 1.68. The van der Waals surface area contributed by atoms with Crippen molar-refractivity contribution in [1.82, 2.24) is 10.2 Å². The largest absolute Gasteiger partial charge is 0.391 e. The zero-order chi connectivity index (χ0) is 9.84. The summed E-state index contributed by atoms with van der Waals surface area (Å²) >= 11 is 0. The molecule has 4 nitrogen and oxygen atoms in total. The molecule has 13 heavy (non-hydrogen) atoms. The van der Waals surface area contributed by atoms with Gasteiger partial charge < -0.3 is 15.3 Å². The van der Waals surface area contributed by atoms with Gasteiger partial charge in [0.15, 0.2) is 0 Å². The Hall–Kier alpha value is -0.770. The van der Waals surface area contributed by atoms with Gasteiger partial charge in [-0.15, -0.1) is 0 Å². The van der Waals surface area contributed by atoms with Gasteiger partial charge in [-0.05, 0) is 13.3 Å². The molecule has 0 bridgehead atoms. The predicted molar refractivity (Wildman–Crippen MR) is 50.4 cm³/mol. The van der Waals surface area contributed by atoms with Gasteiger partial charge in [0.05, 0.1) is 6.10 Å². The Bertz CT molecular complexity index is 184. The van der Waals surface area contributed by atoms with E-state index in [4.69, 9.17) is 0 Å². The average Bonchev–Trinajstić information content (AvgIpc) is 2.47. The molecule has 2 amide bonds. The van der Waals surface area contributed by atoms with Crippen molar-refractivity contribution in [3.05, 3.63) is 0 Å². The number of nitrogens with one attached hydrogen (secondary N) is 1. The van der Waals surface area contributed by atoms with Crippen molar-refractivity contribution in [2.24, 2.45) is 5.92 Å². The van der Waals surface area contributed by atoms with Crippen LogP contribution in [-0.4, -0.2) is 41.8 Å². The number of likely N-dealkylation sites (tertiary alicyclic amines) is 1. The summed E-state index contributed by atoms with van der Waals surface area (Å²) in [6.07, 6.45) is 0.587. The van der Waals surface area contributed by atoms with Gasteiger partial charge in [-0.3, -0.25) is 0 Å². The van der Waals surface area contributed by atoms with E-state index >= 15 is 0 Å². The maximum Gasteiger partial charge on any atom is 0.317 e. The zero-order valence-corrected chi connectivity index (χ0v) is 8.29. The van der Waals surface area contributed by atoms with Crippen LogP contribution in [0, 0.1) is 5.92 Å². The van der Waals surface area contributed by atoms with E-state index in [0.717, 1.165) is 6.42 Å². The molecule has 1 saturated heterocycles. The van der Waals surface area contributed by atoms with Crippen LogP contribution < -0.4 is 5.32 Å². The van der Waals surface area contributed by atoms with Gasteiger partial charge in [0.2, 0.25) is 0 Å². The summed E-state index contributed by atoms with van der Waals surface area (Å²) in [6.45, 7) is 5.73. The lowest BCUT2D eigenvalue weighted by atomic mass is 10.0. The highest BCUT2D eigenvalue weighted by Crippen LogP contribution is 2.19. The second kappa shape index (κ2) is 4.46. The van der Waals surface area contributed by atoms with Crippen LogP contribution in [0.3, 0.4) is 0 Å². The third-order valence-corrected chi connectivity index (χ3v) is 2.55. The van der Waals surface area contributed by atoms with Gasteiger partial charge in [0.1, 0.15) is 0 Å². The second-order valence-electron chi connectivity index (χ2n) is 3.48. The average molecular weight is 186 g/mol. The molecule has 2 N–H and O–H groups in total. The highest BCUT2D eigenvalue weighted by Gasteiger charge is 2.32. The SMILES string of the molecule is CCNC(=O)N1CC(O)C(CC)C1. The normalized spacial score (nSPS) is 27.8. The number of carbonyl (C=O) groups excluding carboxylic acids is 1. The second-order valence-corrected chi connectivity index (χ2v) is 3.48. The monoisotopic (exact) mass is 186 g/mol. The Morgan fingerprint density at radius 2 is 2.23 bits per heavy atom. The topological polar surface area (TPSA) is 52.6 Å². The molecule has 0 radical (unpaired) electrons. The van der Waals surface area contributed by atoms with Crippen LogP contribution in [0.1, 0.15) is 20.3 Å². The first kappa shape index (κ1) is 10.3. The van der Waals surface area contributed by atoms with E-state index in [2.05, 4.69) is 5.32 Å². The molecule has 4 heteroatoms. The molecule has 76 valence electrons. The fourth-order valence-electron chi connectivity index (χ4n) is 1.68. The molecule has 2 atom stereocenters. The number of hydrogen-bond acceptors (Lipinski definition) is 2. The first-order valence-corrected chi connectivity index (χ1v) is 4.89. The zero-order valence-electron chi connectivity index (χ0n) is 8.29. The van der Waals surface area contributed by atoms with Gasteiger partial charge >= 0.3 is 6.03 Å². The van der Waals surface area contributed by atoms with Crippen molar-refractivity contribution >= 4 is 6.03 Å². The maximum atomic E-state index is 11.4. The summed E-state index contributed by atoms with van der Waals surface area (Å²) in [5, 5.41) is 12.3. The van der Waals surface area contributed by atoms with Gasteiger partial charge in [0, 0.05) is 25.6 Å². The number of amides is 2. The summed E-state index contributed by atoms with van der Waals surface area (Å²) in [6, 6.07) is -0.0579. The Morgan fingerprint density at radius 3 is 2.69 bits per heavy atom. The van der Waals surface area contributed by atoms with E-state index in [1.54, 1.807) is 4.90 Å². The van der Waals surface area contributed by atoms with E-state index in [9.17, 15) is 9.90 Å². The number of hydrogen-bond donors (Lipinski definition) is 2. The van der Waals surface area contributed by atoms with Crippen LogP contribution in [0.2, 0.25) is 0 Å². The lowest BCUT2D eigenvalue weighted by molar-refractivity contribution is 0.140. The van der Waals surface area contributed by atoms with E-state index in [1.165, 1.54) is 0 Å². The molecule has 0 aromatic heterocycles. The lowest BCUT2D eigenvalue weighted by Gasteiger charge is -2.15. The number of β-amino-alcohol motifs (C(OH)–C–C–N with tert-alkyl or cyclic N) is 1. The van der Waals surface area contributed by atoms with Crippen molar-refractivity contribution in [1.29, 1.82) is 0 Å². The van der Waals surface area contributed by atoms with Crippen molar-refractivity contribution < 1.29 is 9.90 Å². The molecule has 2 unspecified atom stereocenters. The summed E-state index contributed by atoms with van der Waals surface area (Å²) in [4.78, 5) is 13.0. The number of urea groups is 1. The minimum absolute atomic E-state index is 0.0579. The molecule has 0 aliphatic carbocycles. The van der Waals surface area contributed by atoms with Crippen molar-refractivity contribution in [2.45, 2.75) is 26.4 Å². The molecular formula is C9H18N2O2. The molecule has 1 fully saturated rings. The Kier molecular flexibility index (Phi) is 3.54. The Morgan fingerprint density at radius 1 is 1.54 bits per heavy atom. The highest BCUT2D eigenvalue weighted by atomic mass is 16.3. The Balaban J connectivity index is 2.43. The number of nitrogens with zero attached hydrogens (tertiary/aromatic N) is 1. The maximum absolute atomic E-state index is 11.4. The molecular weight excluding hydrogens is 168 g/mol. The third-order valence-electron chi connectivity index (χ3n) is 2.55. The van der Waals surface area contributed by atoms with Gasteiger partial charge in [-0.25, -0.2) is 4.79 Å². The van der Waals surface area contributed by atoms with E-state index in [1.807, 2.05) is 13.8 Å². The Labute approximate surface area is 78.9 Å². The number of rotatable bonds is 2. The van der Waals surface area contributed by atoms with E-state index in [0.29, 0.717) is 19.6 Å². The van der Waals surface area contributed by atoms with Crippen LogP contribution in [0.5, 0.6) is 0 Å². The van der Waals surface area contributed by atoms with E-state index < -0.39 is 0 Å². The number of aliphatic hydroxyl groups excluding tert-OH is 1. The van der Waals surface area contributed by atoms with Crippen LogP contribution in [0.15, 0.2) is 0 Å². The molecule has 0 saturated carbocycles. The number of aliphatic hydroxyl groups is 1. The predicted octanol–water partition coefficient (Wildman–Crippen LogP) is 0.419. The number of carbonyl (C=O) groups is 1. The highest BCUT2D eigenvalue weighted by molar-refractivity contribution is 5.74. The molecule has 1 aliphatic rings. The lowest BCUT2D eigenvalue weighted by Crippen LogP contribution is -2.38. The fraction of sp³-hybridized carbons (Fsp3) is 0.889. The van der Waals surface area contributed by atoms with Crippen LogP contribution in [0.4, 0.5) is 4.79 Å². The standard InChI is InChI=1S/C9H18N2O2/c1-3-7-5-11(6-8(7)12)9(13)10-4-2/h7-8,12H,3-6H2,1-2H3,(H,10,13). The minimum atomic E-state index is -0.340. The quantitative estimate of drug-likeness (QED) is 0.656. The van der Waals surface area contributed by atoms with Crippen molar-refractivity contribution in [3.63, 3.8) is 0 Å². The van der Waals surface area contributed by atoms with Gasteiger partial charge in [0.25, 0.3) is 0 Å². The smallest absolute Gasteiger partial charge is 0.317 e. The van der Waals surface area contributed by atoms with Crippen molar-refractivity contribution in [2.75, 3.05) is 19.6 Å². The first-order valence-electron chi connectivity index (χ1n) is 4.89. The van der Waals surface area contributed by atoms with Crippen LogP contribution in [0.25, 0.3) is 0 Å². The molecule has 0 spiro atoms. The summed E-state index contributed by atoms with van der Waals surface area (Å²) in [5.74, 6) is 0.252. The van der Waals surface area contributed by atoms with Gasteiger partial charge in [-0.2, -0.15) is 0 Å². The molecule has 0 aromatic carbocycles. The summed E-state index contributed by atoms with van der Waals surface area (Å²) in [5.41, 5.74) is 0.